The molecule has 0 saturated heterocycles. The van der Waals surface area contributed by atoms with E-state index in [9.17, 15) is 5.11 Å². The minimum atomic E-state index is -0.503. The van der Waals surface area contributed by atoms with Crippen LogP contribution in [-0.2, 0) is 6.54 Å². The molecule has 1 N–H and O–H groups in total. The lowest BCUT2D eigenvalue weighted by Crippen LogP contribution is -2.49. The Labute approximate surface area is 122 Å². The summed E-state index contributed by atoms with van der Waals surface area (Å²) in [5.41, 5.74) is -0.159. The fourth-order valence-corrected chi connectivity index (χ4v) is 3.54. The fraction of sp³-hybridized carbons (Fsp3) is 0.812. The summed E-state index contributed by atoms with van der Waals surface area (Å²) in [5.74, 6) is 0.836. The second kappa shape index (κ2) is 6.72. The summed E-state index contributed by atoms with van der Waals surface area (Å²) in [4.78, 5) is 6.68. The van der Waals surface area contributed by atoms with E-state index in [1.165, 1.54) is 25.7 Å². The molecule has 1 atom stereocenters. The van der Waals surface area contributed by atoms with Crippen molar-refractivity contribution in [3.63, 3.8) is 0 Å². The van der Waals surface area contributed by atoms with Gasteiger partial charge in [-0.25, -0.2) is 4.98 Å². The van der Waals surface area contributed by atoms with Crippen molar-refractivity contribution < 1.29 is 5.11 Å². The normalized spacial score (nSPS) is 20.9. The second-order valence-electron chi connectivity index (χ2n) is 6.29. The van der Waals surface area contributed by atoms with Gasteiger partial charge in [-0.1, -0.05) is 32.6 Å². The summed E-state index contributed by atoms with van der Waals surface area (Å²) in [6.07, 6.45) is 11.4. The monoisotopic (exact) mass is 279 g/mol. The number of hydrogen-bond acceptors (Lipinski definition) is 3. The lowest BCUT2D eigenvalue weighted by molar-refractivity contribution is -0.0266. The summed E-state index contributed by atoms with van der Waals surface area (Å²) < 4.78 is 2.11. The average molecular weight is 279 g/mol. The van der Waals surface area contributed by atoms with Crippen LogP contribution in [0.4, 0.5) is 0 Å². The Morgan fingerprint density at radius 2 is 1.95 bits per heavy atom. The zero-order valence-corrected chi connectivity index (χ0v) is 13.2. The molecule has 1 aromatic heterocycles. The number of hydrogen-bond donors (Lipinski definition) is 1. The summed E-state index contributed by atoms with van der Waals surface area (Å²) in [5, 5.41) is 11.1. The van der Waals surface area contributed by atoms with Crippen LogP contribution in [0.25, 0.3) is 0 Å². The minimum Gasteiger partial charge on any atom is -0.383 e. The predicted molar refractivity (Wildman–Crippen MR) is 81.6 cm³/mol. The molecule has 4 nitrogen and oxygen atoms in total. The highest BCUT2D eigenvalue weighted by atomic mass is 16.3. The van der Waals surface area contributed by atoms with E-state index in [1.54, 1.807) is 0 Å². The summed E-state index contributed by atoms with van der Waals surface area (Å²) in [6, 6.07) is 0. The third kappa shape index (κ3) is 2.91. The molecular weight excluding hydrogens is 250 g/mol. The van der Waals surface area contributed by atoms with Gasteiger partial charge in [0, 0.05) is 18.9 Å². The molecule has 2 rings (SSSR count). The van der Waals surface area contributed by atoms with Crippen LogP contribution >= 0.6 is 0 Å². The Morgan fingerprint density at radius 1 is 1.30 bits per heavy atom. The van der Waals surface area contributed by atoms with E-state index in [0.717, 1.165) is 31.6 Å². The van der Waals surface area contributed by atoms with Crippen LogP contribution in [0.1, 0.15) is 63.8 Å². The molecule has 1 saturated carbocycles. The first-order valence-corrected chi connectivity index (χ1v) is 7.98. The number of aliphatic hydroxyl groups excluding tert-OH is 1. The van der Waals surface area contributed by atoms with Gasteiger partial charge in [0.05, 0.1) is 5.54 Å². The highest BCUT2D eigenvalue weighted by Gasteiger charge is 2.42. The molecule has 20 heavy (non-hydrogen) atoms. The smallest absolute Gasteiger partial charge is 0.139 e. The van der Waals surface area contributed by atoms with Crippen molar-refractivity contribution in [3.05, 3.63) is 18.2 Å². The van der Waals surface area contributed by atoms with E-state index in [2.05, 4.69) is 35.5 Å². The second-order valence-corrected chi connectivity index (χ2v) is 6.29. The fourth-order valence-electron chi connectivity index (χ4n) is 3.54. The van der Waals surface area contributed by atoms with Gasteiger partial charge < -0.3 is 14.6 Å². The zero-order valence-electron chi connectivity index (χ0n) is 13.2. The molecule has 1 unspecified atom stereocenters. The van der Waals surface area contributed by atoms with E-state index in [1.807, 2.05) is 12.4 Å². The molecule has 0 aromatic carbocycles. The van der Waals surface area contributed by atoms with Crippen LogP contribution in [0.15, 0.2) is 12.4 Å². The Bertz CT molecular complexity index is 406. The third-order valence-electron chi connectivity index (χ3n) is 4.83. The number of aromatic nitrogens is 2. The van der Waals surface area contributed by atoms with Crippen molar-refractivity contribution in [2.45, 2.75) is 70.1 Å². The van der Waals surface area contributed by atoms with Gasteiger partial charge in [0.2, 0.25) is 0 Å². The van der Waals surface area contributed by atoms with E-state index in [-0.39, 0.29) is 5.54 Å². The standard InChI is InChI=1S/C16H29N3O/c1-4-12-19-13-11-17-15(19)14(20)16(18(2)3)9-7-5-6-8-10-16/h11,13-14,20H,4-10,12H2,1-3H3. The Hall–Kier alpha value is -0.870. The first kappa shape index (κ1) is 15.5. The van der Waals surface area contributed by atoms with Gasteiger partial charge in [0.1, 0.15) is 11.9 Å². The Morgan fingerprint density at radius 3 is 2.50 bits per heavy atom. The summed E-state index contributed by atoms with van der Waals surface area (Å²) in [6.45, 7) is 3.08. The van der Waals surface area contributed by atoms with E-state index in [0.29, 0.717) is 0 Å². The molecule has 1 fully saturated rings. The molecule has 0 aliphatic heterocycles. The molecule has 1 aromatic rings. The van der Waals surface area contributed by atoms with Crippen LogP contribution < -0.4 is 0 Å². The van der Waals surface area contributed by atoms with Crippen molar-refractivity contribution in [3.8, 4) is 0 Å². The molecule has 1 aliphatic rings. The molecule has 114 valence electrons. The summed E-state index contributed by atoms with van der Waals surface area (Å²) in [7, 11) is 4.20. The van der Waals surface area contributed by atoms with E-state index in [4.69, 9.17) is 0 Å². The number of rotatable bonds is 5. The molecule has 1 heterocycles. The van der Waals surface area contributed by atoms with Gasteiger partial charge in [-0.05, 0) is 33.4 Å². The lowest BCUT2D eigenvalue weighted by Gasteiger charge is -2.43. The van der Waals surface area contributed by atoms with Crippen molar-refractivity contribution in [2.75, 3.05) is 14.1 Å². The number of likely N-dealkylation sites (N-methyl/N-ethyl adjacent to an activating group) is 1. The number of imidazole rings is 1. The van der Waals surface area contributed by atoms with Gasteiger partial charge >= 0.3 is 0 Å². The van der Waals surface area contributed by atoms with E-state index >= 15 is 0 Å². The molecule has 0 amide bonds. The van der Waals surface area contributed by atoms with Gasteiger partial charge in [-0.2, -0.15) is 0 Å². The molecule has 4 heteroatoms. The first-order valence-electron chi connectivity index (χ1n) is 7.98. The van der Waals surface area contributed by atoms with Gasteiger partial charge in [0.15, 0.2) is 0 Å². The third-order valence-corrected chi connectivity index (χ3v) is 4.83. The van der Waals surface area contributed by atoms with Crippen LogP contribution in [0.2, 0.25) is 0 Å². The van der Waals surface area contributed by atoms with Crippen LogP contribution in [0, 0.1) is 0 Å². The number of aliphatic hydroxyl groups is 1. The SMILES string of the molecule is CCCn1ccnc1C(O)C1(N(C)C)CCCCCC1. The quantitative estimate of drug-likeness (QED) is 0.843. The highest BCUT2D eigenvalue weighted by Crippen LogP contribution is 2.40. The topological polar surface area (TPSA) is 41.3 Å². The maximum absolute atomic E-state index is 11.1. The van der Waals surface area contributed by atoms with E-state index < -0.39 is 6.10 Å². The van der Waals surface area contributed by atoms with Crippen LogP contribution in [0.5, 0.6) is 0 Å². The Kier molecular flexibility index (Phi) is 5.22. The lowest BCUT2D eigenvalue weighted by atomic mass is 9.82. The highest BCUT2D eigenvalue weighted by molar-refractivity contribution is 5.08. The van der Waals surface area contributed by atoms with Gasteiger partial charge in [0.25, 0.3) is 0 Å². The number of aryl methyl sites for hydroxylation is 1. The molecule has 0 bridgehead atoms. The average Bonchev–Trinajstić information content (AvgIpc) is 2.73. The maximum atomic E-state index is 11.1. The Balaban J connectivity index is 2.30. The number of nitrogens with zero attached hydrogens (tertiary/aromatic N) is 3. The van der Waals surface area contributed by atoms with Crippen LogP contribution in [-0.4, -0.2) is 39.2 Å². The van der Waals surface area contributed by atoms with Gasteiger partial charge in [-0.15, -0.1) is 0 Å². The van der Waals surface area contributed by atoms with Crippen molar-refractivity contribution >= 4 is 0 Å². The van der Waals surface area contributed by atoms with Crippen molar-refractivity contribution in [1.29, 1.82) is 0 Å². The molecule has 0 spiro atoms. The largest absolute Gasteiger partial charge is 0.383 e. The maximum Gasteiger partial charge on any atom is 0.139 e. The summed E-state index contributed by atoms with van der Waals surface area (Å²) >= 11 is 0. The van der Waals surface area contributed by atoms with Crippen molar-refractivity contribution in [2.24, 2.45) is 0 Å². The molecule has 1 aliphatic carbocycles. The van der Waals surface area contributed by atoms with Gasteiger partial charge in [-0.3, -0.25) is 0 Å². The van der Waals surface area contributed by atoms with Crippen LogP contribution in [0.3, 0.4) is 0 Å². The first-order chi connectivity index (χ1) is 9.62. The van der Waals surface area contributed by atoms with Crippen molar-refractivity contribution in [1.82, 2.24) is 14.5 Å². The minimum absolute atomic E-state index is 0.159. The molecular formula is C16H29N3O. The predicted octanol–water partition coefficient (Wildman–Crippen LogP) is 2.98. The zero-order chi connectivity index (χ0) is 14.6. The molecule has 0 radical (unpaired) electrons.